The molecular formula is C17H30N2O. The molecule has 20 heavy (non-hydrogen) atoms. The van der Waals surface area contributed by atoms with E-state index in [9.17, 15) is 5.11 Å². The maximum absolute atomic E-state index is 10.9. The molecule has 3 aliphatic rings. The van der Waals surface area contributed by atoms with Crippen LogP contribution >= 0.6 is 0 Å². The molecule has 1 heterocycles. The lowest BCUT2D eigenvalue weighted by molar-refractivity contribution is 0.000290. The van der Waals surface area contributed by atoms with Crippen molar-refractivity contribution >= 4 is 0 Å². The maximum Gasteiger partial charge on any atom is 0.131 e. The van der Waals surface area contributed by atoms with Crippen LogP contribution in [0, 0.1) is 11.8 Å². The molecule has 0 amide bonds. The second kappa shape index (κ2) is 6.07. The minimum Gasteiger partial charge on any atom is -0.391 e. The summed E-state index contributed by atoms with van der Waals surface area (Å²) < 4.78 is 0. The van der Waals surface area contributed by atoms with Gasteiger partial charge in [-0.2, -0.15) is 0 Å². The van der Waals surface area contributed by atoms with Gasteiger partial charge in [0.15, 0.2) is 0 Å². The van der Waals surface area contributed by atoms with Gasteiger partial charge >= 0.3 is 0 Å². The van der Waals surface area contributed by atoms with Gasteiger partial charge in [0.05, 0.1) is 0 Å². The Morgan fingerprint density at radius 1 is 1.20 bits per heavy atom. The Labute approximate surface area is 123 Å². The summed E-state index contributed by atoms with van der Waals surface area (Å²) in [7, 11) is 2.00. The Balaban J connectivity index is 1.74. The number of fused-ring (bicyclic) bond motifs is 1. The number of nitrogens with one attached hydrogen (secondary N) is 1. The van der Waals surface area contributed by atoms with Crippen LogP contribution in [0.25, 0.3) is 0 Å². The van der Waals surface area contributed by atoms with E-state index in [2.05, 4.69) is 17.1 Å². The number of hydrogen-bond donors (Lipinski definition) is 2. The van der Waals surface area contributed by atoms with Crippen molar-refractivity contribution in [1.29, 1.82) is 0 Å². The van der Waals surface area contributed by atoms with E-state index < -0.39 is 0 Å². The number of nitrogens with zero attached hydrogens (tertiary/aromatic N) is 1. The molecule has 0 radical (unpaired) electrons. The molecule has 1 aliphatic heterocycles. The third-order valence-corrected chi connectivity index (χ3v) is 5.83. The molecule has 3 nitrogen and oxygen atoms in total. The third kappa shape index (κ3) is 2.62. The average Bonchev–Trinajstić information content (AvgIpc) is 2.89. The van der Waals surface area contributed by atoms with Crippen molar-refractivity contribution in [3.05, 3.63) is 11.3 Å². The summed E-state index contributed by atoms with van der Waals surface area (Å²) >= 11 is 0. The van der Waals surface area contributed by atoms with Crippen LogP contribution in [-0.2, 0) is 0 Å². The van der Waals surface area contributed by atoms with Gasteiger partial charge in [-0.3, -0.25) is 4.90 Å². The van der Waals surface area contributed by atoms with Crippen LogP contribution < -0.4 is 5.32 Å². The standard InChI is InChI=1S/C17H30N2O/c1-12-7-8-16-13(11-12)9-10-19(16)17(20)14-5-3-4-6-15(14)18-2/h12-13,16-18,20H,3-11H2,1-2H3. The number of likely N-dealkylation sites (tertiary alicyclic amines) is 1. The normalized spacial score (nSPS) is 36.9. The molecule has 2 N–H and O–H groups in total. The van der Waals surface area contributed by atoms with Gasteiger partial charge < -0.3 is 10.4 Å². The molecule has 1 saturated carbocycles. The van der Waals surface area contributed by atoms with Crippen molar-refractivity contribution in [1.82, 2.24) is 10.2 Å². The zero-order valence-corrected chi connectivity index (χ0v) is 13.1. The molecule has 0 spiro atoms. The average molecular weight is 278 g/mol. The predicted octanol–water partition coefficient (Wildman–Crippen LogP) is 2.86. The smallest absolute Gasteiger partial charge is 0.131 e. The van der Waals surface area contributed by atoms with Crippen LogP contribution in [0.4, 0.5) is 0 Å². The highest BCUT2D eigenvalue weighted by Crippen LogP contribution is 2.41. The van der Waals surface area contributed by atoms with E-state index >= 15 is 0 Å². The summed E-state index contributed by atoms with van der Waals surface area (Å²) in [6, 6.07) is 0.633. The Morgan fingerprint density at radius 3 is 2.80 bits per heavy atom. The molecule has 3 heteroatoms. The van der Waals surface area contributed by atoms with E-state index in [0.29, 0.717) is 6.04 Å². The van der Waals surface area contributed by atoms with Crippen LogP contribution in [0.1, 0.15) is 58.3 Å². The molecule has 0 bridgehead atoms. The summed E-state index contributed by atoms with van der Waals surface area (Å²) in [6.45, 7) is 3.47. The van der Waals surface area contributed by atoms with Crippen molar-refractivity contribution in [3.63, 3.8) is 0 Å². The highest BCUT2D eigenvalue weighted by atomic mass is 16.3. The molecule has 0 aromatic rings. The lowest BCUT2D eigenvalue weighted by Gasteiger charge is -2.38. The zero-order valence-electron chi connectivity index (χ0n) is 13.1. The largest absolute Gasteiger partial charge is 0.391 e. The van der Waals surface area contributed by atoms with Gasteiger partial charge in [-0.05, 0) is 68.8 Å². The van der Waals surface area contributed by atoms with Gasteiger partial charge in [-0.25, -0.2) is 0 Å². The summed E-state index contributed by atoms with van der Waals surface area (Å²) in [5.41, 5.74) is 2.58. The van der Waals surface area contributed by atoms with E-state index in [1.165, 1.54) is 49.8 Å². The lowest BCUT2D eigenvalue weighted by atomic mass is 9.79. The van der Waals surface area contributed by atoms with Crippen LogP contribution in [0.3, 0.4) is 0 Å². The van der Waals surface area contributed by atoms with E-state index in [-0.39, 0.29) is 6.23 Å². The van der Waals surface area contributed by atoms with Crippen molar-refractivity contribution in [2.24, 2.45) is 11.8 Å². The van der Waals surface area contributed by atoms with Crippen LogP contribution in [0.15, 0.2) is 11.3 Å². The van der Waals surface area contributed by atoms with E-state index in [4.69, 9.17) is 0 Å². The first-order valence-corrected chi connectivity index (χ1v) is 8.54. The number of rotatable bonds is 3. The molecular weight excluding hydrogens is 248 g/mol. The van der Waals surface area contributed by atoms with Gasteiger partial charge in [-0.15, -0.1) is 0 Å². The highest BCUT2D eigenvalue weighted by molar-refractivity contribution is 5.19. The third-order valence-electron chi connectivity index (χ3n) is 5.83. The Kier molecular flexibility index (Phi) is 4.37. The molecule has 2 fully saturated rings. The lowest BCUT2D eigenvalue weighted by Crippen LogP contribution is -2.44. The van der Waals surface area contributed by atoms with E-state index in [1.54, 1.807) is 0 Å². The van der Waals surface area contributed by atoms with Crippen molar-refractivity contribution in [3.8, 4) is 0 Å². The van der Waals surface area contributed by atoms with Gasteiger partial charge in [0.2, 0.25) is 0 Å². The maximum atomic E-state index is 10.9. The first kappa shape index (κ1) is 14.4. The highest BCUT2D eigenvalue weighted by Gasteiger charge is 2.41. The fraction of sp³-hybridized carbons (Fsp3) is 0.882. The monoisotopic (exact) mass is 278 g/mol. The predicted molar refractivity (Wildman–Crippen MR) is 82.2 cm³/mol. The molecule has 4 atom stereocenters. The first-order chi connectivity index (χ1) is 9.70. The van der Waals surface area contributed by atoms with E-state index in [0.717, 1.165) is 31.2 Å². The molecule has 1 saturated heterocycles. The quantitative estimate of drug-likeness (QED) is 0.833. The van der Waals surface area contributed by atoms with Crippen molar-refractivity contribution < 1.29 is 5.11 Å². The molecule has 114 valence electrons. The van der Waals surface area contributed by atoms with Crippen molar-refractivity contribution in [2.45, 2.75) is 70.6 Å². The van der Waals surface area contributed by atoms with Gasteiger partial charge in [0, 0.05) is 25.3 Å². The molecule has 0 aromatic carbocycles. The first-order valence-electron chi connectivity index (χ1n) is 8.54. The Hall–Kier alpha value is -0.540. The molecule has 4 unspecified atom stereocenters. The number of aliphatic hydroxyl groups is 1. The fourth-order valence-corrected chi connectivity index (χ4v) is 4.71. The summed E-state index contributed by atoms with van der Waals surface area (Å²) in [6.07, 6.45) is 9.62. The Bertz CT molecular complexity index is 379. The number of allylic oxidation sites excluding steroid dienone is 1. The minimum atomic E-state index is -0.332. The molecule has 2 aliphatic carbocycles. The Morgan fingerprint density at radius 2 is 2.00 bits per heavy atom. The topological polar surface area (TPSA) is 35.5 Å². The molecule has 3 rings (SSSR count). The van der Waals surface area contributed by atoms with Crippen molar-refractivity contribution in [2.75, 3.05) is 13.6 Å². The number of aliphatic hydroxyl groups excluding tert-OH is 1. The van der Waals surface area contributed by atoms with Gasteiger partial charge in [-0.1, -0.05) is 6.92 Å². The molecule has 0 aromatic heterocycles. The fourth-order valence-electron chi connectivity index (χ4n) is 4.71. The van der Waals surface area contributed by atoms with Gasteiger partial charge in [0.25, 0.3) is 0 Å². The summed E-state index contributed by atoms with van der Waals surface area (Å²) in [5, 5.41) is 14.2. The van der Waals surface area contributed by atoms with Crippen LogP contribution in [0.2, 0.25) is 0 Å². The van der Waals surface area contributed by atoms with Crippen LogP contribution in [-0.4, -0.2) is 35.9 Å². The summed E-state index contributed by atoms with van der Waals surface area (Å²) in [4.78, 5) is 2.41. The second-order valence-corrected chi connectivity index (χ2v) is 7.11. The van der Waals surface area contributed by atoms with E-state index in [1.807, 2.05) is 7.05 Å². The van der Waals surface area contributed by atoms with Crippen LogP contribution in [0.5, 0.6) is 0 Å². The minimum absolute atomic E-state index is 0.332. The summed E-state index contributed by atoms with van der Waals surface area (Å²) in [5.74, 6) is 1.71. The number of hydrogen-bond acceptors (Lipinski definition) is 3. The SMILES string of the molecule is CNC1=C(C(O)N2CCC3CC(C)CCC32)CCCC1. The zero-order chi connectivity index (χ0) is 14.1. The van der Waals surface area contributed by atoms with Gasteiger partial charge in [0.1, 0.15) is 6.23 Å². The second-order valence-electron chi connectivity index (χ2n) is 7.11.